The van der Waals surface area contributed by atoms with Crippen LogP contribution in [0, 0.1) is 0 Å². The van der Waals surface area contributed by atoms with Crippen molar-refractivity contribution in [2.24, 2.45) is 0 Å². The van der Waals surface area contributed by atoms with Crippen LogP contribution < -0.4 is 10.2 Å². The van der Waals surface area contributed by atoms with Crippen molar-refractivity contribution < 1.29 is 9.53 Å². The molecule has 0 atom stereocenters. The number of hydrogen-bond acceptors (Lipinski definition) is 4. The van der Waals surface area contributed by atoms with Crippen LogP contribution in [-0.4, -0.2) is 26.2 Å². The number of benzene rings is 2. The third-order valence-corrected chi connectivity index (χ3v) is 3.87. The zero-order chi connectivity index (χ0) is 15.5. The fourth-order valence-corrected chi connectivity index (χ4v) is 2.75. The van der Waals surface area contributed by atoms with Gasteiger partial charge in [0.15, 0.2) is 0 Å². The second kappa shape index (κ2) is 6.10. The molecule has 0 aromatic heterocycles. The molecule has 0 spiro atoms. The van der Waals surface area contributed by atoms with Gasteiger partial charge in [0.25, 0.3) is 0 Å². The van der Waals surface area contributed by atoms with E-state index in [1.807, 2.05) is 25.1 Å². The minimum absolute atomic E-state index is 0.290. The highest BCUT2D eigenvalue weighted by Gasteiger charge is 2.15. The summed E-state index contributed by atoms with van der Waals surface area (Å²) in [6, 6.07) is 13.8. The quantitative estimate of drug-likeness (QED) is 0.875. The number of nitrogens with one attached hydrogen (secondary N) is 1. The van der Waals surface area contributed by atoms with Gasteiger partial charge in [-0.2, -0.15) is 0 Å². The van der Waals surface area contributed by atoms with Gasteiger partial charge in [0.05, 0.1) is 12.2 Å². The lowest BCUT2D eigenvalue weighted by molar-refractivity contribution is 0.0526. The number of rotatable bonds is 4. The number of carbonyl (C=O) groups excluding carboxylic acids is 1. The smallest absolute Gasteiger partial charge is 0.338 e. The van der Waals surface area contributed by atoms with E-state index in [1.54, 1.807) is 6.07 Å². The largest absolute Gasteiger partial charge is 0.462 e. The average Bonchev–Trinajstić information content (AvgIpc) is 2.89. The van der Waals surface area contributed by atoms with Gasteiger partial charge in [-0.25, -0.2) is 4.79 Å². The molecule has 0 fully saturated rings. The zero-order valence-electron chi connectivity index (χ0n) is 12.9. The lowest BCUT2D eigenvalue weighted by Gasteiger charge is -2.13. The summed E-state index contributed by atoms with van der Waals surface area (Å²) < 4.78 is 5.03. The zero-order valence-corrected chi connectivity index (χ0v) is 12.9. The lowest BCUT2D eigenvalue weighted by Crippen LogP contribution is -2.12. The van der Waals surface area contributed by atoms with Crippen molar-refractivity contribution >= 4 is 23.0 Å². The van der Waals surface area contributed by atoms with Gasteiger partial charge < -0.3 is 15.0 Å². The van der Waals surface area contributed by atoms with Crippen molar-refractivity contribution in [3.8, 4) is 0 Å². The normalized spacial score (nSPS) is 12.9. The van der Waals surface area contributed by atoms with Gasteiger partial charge in [0, 0.05) is 30.7 Å². The second-order valence-electron chi connectivity index (χ2n) is 5.44. The number of hydrogen-bond donors (Lipinski definition) is 1. The highest BCUT2D eigenvalue weighted by atomic mass is 16.5. The molecule has 4 heteroatoms. The Hall–Kier alpha value is -2.49. The first-order chi connectivity index (χ1) is 10.7. The summed E-state index contributed by atoms with van der Waals surface area (Å²) in [7, 11) is 2.11. The van der Waals surface area contributed by atoms with Gasteiger partial charge in [0.1, 0.15) is 0 Å². The van der Waals surface area contributed by atoms with Crippen LogP contribution in [-0.2, 0) is 11.2 Å². The van der Waals surface area contributed by atoms with Gasteiger partial charge in [0.2, 0.25) is 0 Å². The number of fused-ring (bicyclic) bond motifs is 1. The van der Waals surface area contributed by atoms with Crippen LogP contribution in [0.2, 0.25) is 0 Å². The monoisotopic (exact) mass is 296 g/mol. The molecule has 4 nitrogen and oxygen atoms in total. The second-order valence-corrected chi connectivity index (χ2v) is 5.44. The molecule has 0 unspecified atom stereocenters. The summed E-state index contributed by atoms with van der Waals surface area (Å²) in [5.74, 6) is -0.290. The van der Waals surface area contributed by atoms with E-state index in [1.165, 1.54) is 11.3 Å². The summed E-state index contributed by atoms with van der Waals surface area (Å²) in [5, 5.41) is 3.36. The summed E-state index contributed by atoms with van der Waals surface area (Å²) in [6.07, 6.45) is 1.07. The SMILES string of the molecule is CCOC(=O)c1cccc(Nc2ccc3c(c2)CCN3C)c1. The summed E-state index contributed by atoms with van der Waals surface area (Å²) >= 11 is 0. The van der Waals surface area contributed by atoms with Crippen LogP contribution in [0.15, 0.2) is 42.5 Å². The molecule has 2 aromatic rings. The predicted molar refractivity (Wildman–Crippen MR) is 89.1 cm³/mol. The number of esters is 1. The molecule has 2 aromatic carbocycles. The van der Waals surface area contributed by atoms with Gasteiger partial charge in [-0.05, 0) is 55.3 Å². The van der Waals surface area contributed by atoms with Crippen LogP contribution in [0.3, 0.4) is 0 Å². The maximum absolute atomic E-state index is 11.8. The lowest BCUT2D eigenvalue weighted by atomic mass is 10.1. The minimum Gasteiger partial charge on any atom is -0.462 e. The van der Waals surface area contributed by atoms with Crippen LogP contribution in [0.5, 0.6) is 0 Å². The van der Waals surface area contributed by atoms with E-state index in [0.717, 1.165) is 24.3 Å². The molecule has 0 aliphatic carbocycles. The topological polar surface area (TPSA) is 41.6 Å². The Morgan fingerprint density at radius 2 is 2.05 bits per heavy atom. The highest BCUT2D eigenvalue weighted by molar-refractivity contribution is 5.90. The van der Waals surface area contributed by atoms with E-state index in [0.29, 0.717) is 12.2 Å². The molecule has 1 aliphatic heterocycles. The number of nitrogens with zero attached hydrogens (tertiary/aromatic N) is 1. The fourth-order valence-electron chi connectivity index (χ4n) is 2.75. The minimum atomic E-state index is -0.290. The molecule has 22 heavy (non-hydrogen) atoms. The number of ether oxygens (including phenoxy) is 1. The standard InChI is InChI=1S/C18H20N2O2/c1-3-22-18(21)14-5-4-6-15(12-14)19-16-7-8-17-13(11-16)9-10-20(17)2/h4-8,11-12,19H,3,9-10H2,1-2H3. The van der Waals surface area contributed by atoms with Gasteiger partial charge in [-0.3, -0.25) is 0 Å². The van der Waals surface area contributed by atoms with E-state index in [2.05, 4.69) is 35.5 Å². The van der Waals surface area contributed by atoms with Crippen molar-refractivity contribution in [3.05, 3.63) is 53.6 Å². The molecular weight excluding hydrogens is 276 g/mol. The van der Waals surface area contributed by atoms with E-state index in [9.17, 15) is 4.79 Å². The Morgan fingerprint density at radius 3 is 2.86 bits per heavy atom. The third kappa shape index (κ3) is 2.91. The van der Waals surface area contributed by atoms with Crippen molar-refractivity contribution in [2.75, 3.05) is 30.4 Å². The Kier molecular flexibility index (Phi) is 4.00. The van der Waals surface area contributed by atoms with Crippen LogP contribution >= 0.6 is 0 Å². The predicted octanol–water partition coefficient (Wildman–Crippen LogP) is 3.60. The molecule has 0 amide bonds. The molecule has 1 heterocycles. The van der Waals surface area contributed by atoms with Crippen LogP contribution in [0.25, 0.3) is 0 Å². The maximum atomic E-state index is 11.8. The molecule has 0 saturated heterocycles. The molecule has 0 saturated carbocycles. The summed E-state index contributed by atoms with van der Waals surface area (Å²) in [6.45, 7) is 3.26. The molecule has 0 bridgehead atoms. The van der Waals surface area contributed by atoms with Crippen LogP contribution in [0.4, 0.5) is 17.1 Å². The van der Waals surface area contributed by atoms with E-state index < -0.39 is 0 Å². The number of carbonyl (C=O) groups is 1. The first-order valence-electron chi connectivity index (χ1n) is 7.55. The Labute approximate surface area is 130 Å². The van der Waals surface area contributed by atoms with Crippen molar-refractivity contribution in [2.45, 2.75) is 13.3 Å². The highest BCUT2D eigenvalue weighted by Crippen LogP contribution is 2.30. The molecular formula is C18H20N2O2. The molecule has 3 rings (SSSR count). The Balaban J connectivity index is 1.79. The third-order valence-electron chi connectivity index (χ3n) is 3.87. The molecule has 114 valence electrons. The molecule has 1 N–H and O–H groups in total. The van der Waals surface area contributed by atoms with Gasteiger partial charge >= 0.3 is 5.97 Å². The van der Waals surface area contributed by atoms with Crippen molar-refractivity contribution in [1.82, 2.24) is 0 Å². The average molecular weight is 296 g/mol. The van der Waals surface area contributed by atoms with E-state index >= 15 is 0 Å². The first kappa shape index (κ1) is 14.4. The molecule has 0 radical (unpaired) electrons. The molecule has 1 aliphatic rings. The Morgan fingerprint density at radius 1 is 1.23 bits per heavy atom. The fraction of sp³-hybridized carbons (Fsp3) is 0.278. The van der Waals surface area contributed by atoms with E-state index in [4.69, 9.17) is 4.74 Å². The van der Waals surface area contributed by atoms with Crippen molar-refractivity contribution in [3.63, 3.8) is 0 Å². The number of anilines is 3. The number of likely N-dealkylation sites (N-methyl/N-ethyl adjacent to an activating group) is 1. The van der Waals surface area contributed by atoms with Gasteiger partial charge in [-0.15, -0.1) is 0 Å². The first-order valence-corrected chi connectivity index (χ1v) is 7.55. The Bertz CT molecular complexity index is 697. The van der Waals surface area contributed by atoms with Gasteiger partial charge in [-0.1, -0.05) is 6.07 Å². The van der Waals surface area contributed by atoms with E-state index in [-0.39, 0.29) is 5.97 Å². The van der Waals surface area contributed by atoms with Crippen molar-refractivity contribution in [1.29, 1.82) is 0 Å². The summed E-state index contributed by atoms with van der Waals surface area (Å²) in [4.78, 5) is 14.0. The maximum Gasteiger partial charge on any atom is 0.338 e. The summed E-state index contributed by atoms with van der Waals surface area (Å²) in [5.41, 5.74) is 5.14. The van der Waals surface area contributed by atoms with Crippen LogP contribution in [0.1, 0.15) is 22.8 Å².